The maximum atomic E-state index is 11.9. The Hall–Kier alpha value is -2.83. The quantitative estimate of drug-likeness (QED) is 0.789. The van der Waals surface area contributed by atoms with E-state index in [0.717, 1.165) is 14.7 Å². The van der Waals surface area contributed by atoms with Gasteiger partial charge >= 0.3 is 5.69 Å². The van der Waals surface area contributed by atoms with E-state index in [1.54, 1.807) is 12.1 Å². The number of nitrogens with zero attached hydrogens (tertiary/aromatic N) is 2. The van der Waals surface area contributed by atoms with Gasteiger partial charge in [0.2, 0.25) is 5.91 Å². The molecule has 1 heterocycles. The smallest absolute Gasteiger partial charge is 0.331 e. The summed E-state index contributed by atoms with van der Waals surface area (Å²) in [7, 11) is 1.34. The molecule has 7 nitrogen and oxygen atoms in total. The number of aromatic nitrogens is 2. The number of phenols is 1. The Morgan fingerprint density at radius 1 is 1.29 bits per heavy atom. The Morgan fingerprint density at radius 3 is 2.71 bits per heavy atom. The van der Waals surface area contributed by atoms with Crippen LogP contribution in [0, 0.1) is 6.92 Å². The maximum absolute atomic E-state index is 11.9. The van der Waals surface area contributed by atoms with Crippen molar-refractivity contribution in [2.45, 2.75) is 13.5 Å². The third-order valence-electron chi connectivity index (χ3n) is 3.00. The average molecular weight is 289 g/mol. The summed E-state index contributed by atoms with van der Waals surface area (Å²) < 4.78 is 2.03. The first-order valence-corrected chi connectivity index (χ1v) is 6.24. The summed E-state index contributed by atoms with van der Waals surface area (Å²) >= 11 is 0. The zero-order valence-corrected chi connectivity index (χ0v) is 11.7. The molecule has 0 aliphatic heterocycles. The minimum Gasteiger partial charge on any atom is -0.506 e. The lowest BCUT2D eigenvalue weighted by atomic mass is 10.2. The largest absolute Gasteiger partial charge is 0.506 e. The highest BCUT2D eigenvalue weighted by Crippen LogP contribution is 2.23. The molecule has 0 saturated heterocycles. The van der Waals surface area contributed by atoms with Crippen molar-refractivity contribution in [3.05, 3.63) is 56.9 Å². The summed E-state index contributed by atoms with van der Waals surface area (Å²) in [5, 5.41) is 12.2. The molecule has 0 unspecified atom stereocenters. The highest BCUT2D eigenvalue weighted by molar-refractivity contribution is 5.92. The van der Waals surface area contributed by atoms with Crippen molar-refractivity contribution in [1.82, 2.24) is 9.13 Å². The van der Waals surface area contributed by atoms with Crippen molar-refractivity contribution < 1.29 is 9.90 Å². The summed E-state index contributed by atoms with van der Waals surface area (Å²) in [5.74, 6) is -0.529. The van der Waals surface area contributed by atoms with Crippen LogP contribution in [-0.2, 0) is 18.4 Å². The minimum atomic E-state index is -0.578. The monoisotopic (exact) mass is 289 g/mol. The highest BCUT2D eigenvalue weighted by Gasteiger charge is 2.09. The first-order valence-electron chi connectivity index (χ1n) is 6.24. The summed E-state index contributed by atoms with van der Waals surface area (Å²) in [6.07, 6.45) is 1.26. The normalized spacial score (nSPS) is 10.4. The number of nitrogens with one attached hydrogen (secondary N) is 1. The van der Waals surface area contributed by atoms with E-state index in [-0.39, 0.29) is 18.0 Å². The average Bonchev–Trinajstić information content (AvgIpc) is 2.43. The van der Waals surface area contributed by atoms with E-state index >= 15 is 0 Å². The fourth-order valence-electron chi connectivity index (χ4n) is 1.83. The minimum absolute atomic E-state index is 0.0539. The molecular formula is C14H15N3O4. The van der Waals surface area contributed by atoms with Crippen LogP contribution in [0.2, 0.25) is 0 Å². The van der Waals surface area contributed by atoms with Gasteiger partial charge in [-0.25, -0.2) is 4.79 Å². The molecule has 0 aliphatic carbocycles. The molecule has 1 aromatic heterocycles. The van der Waals surface area contributed by atoms with Gasteiger partial charge in [0.1, 0.15) is 12.3 Å². The van der Waals surface area contributed by atoms with Gasteiger partial charge in [0, 0.05) is 19.3 Å². The van der Waals surface area contributed by atoms with Crippen LogP contribution in [0.5, 0.6) is 5.75 Å². The van der Waals surface area contributed by atoms with E-state index in [2.05, 4.69) is 5.32 Å². The number of anilines is 1. The summed E-state index contributed by atoms with van der Waals surface area (Å²) in [5.41, 5.74) is 0.138. The number of aryl methyl sites for hydroxylation is 1. The van der Waals surface area contributed by atoms with Gasteiger partial charge < -0.3 is 10.4 Å². The van der Waals surface area contributed by atoms with Crippen LogP contribution in [-0.4, -0.2) is 20.1 Å². The molecule has 2 N–H and O–H groups in total. The van der Waals surface area contributed by atoms with Gasteiger partial charge in [0.15, 0.2) is 0 Å². The fourth-order valence-corrected chi connectivity index (χ4v) is 1.83. The fraction of sp³-hybridized carbons (Fsp3) is 0.214. The van der Waals surface area contributed by atoms with E-state index in [9.17, 15) is 19.5 Å². The molecule has 1 aromatic carbocycles. The van der Waals surface area contributed by atoms with Crippen LogP contribution in [0.25, 0.3) is 0 Å². The van der Waals surface area contributed by atoms with E-state index in [4.69, 9.17) is 0 Å². The summed E-state index contributed by atoms with van der Waals surface area (Å²) in [6.45, 7) is 1.58. The lowest BCUT2D eigenvalue weighted by molar-refractivity contribution is -0.116. The van der Waals surface area contributed by atoms with Gasteiger partial charge in [-0.15, -0.1) is 0 Å². The first-order chi connectivity index (χ1) is 9.88. The number of hydrogen-bond donors (Lipinski definition) is 2. The van der Waals surface area contributed by atoms with E-state index in [1.807, 2.05) is 6.92 Å². The Kier molecular flexibility index (Phi) is 3.93. The molecule has 7 heteroatoms. The molecule has 21 heavy (non-hydrogen) atoms. The second kappa shape index (κ2) is 5.66. The lowest BCUT2D eigenvalue weighted by Gasteiger charge is -2.10. The standard InChI is InChI=1S/C14H15N3O4/c1-9-3-4-11(18)10(7-9)15-12(19)8-17-6-5-13(20)16(2)14(17)21/h3-7,18H,8H2,1-2H3,(H,15,19). The Balaban J connectivity index is 2.20. The lowest BCUT2D eigenvalue weighted by Crippen LogP contribution is -2.38. The molecular weight excluding hydrogens is 274 g/mol. The van der Waals surface area contributed by atoms with E-state index in [0.29, 0.717) is 0 Å². The number of carbonyl (C=O) groups is 1. The molecule has 2 aromatic rings. The second-order valence-corrected chi connectivity index (χ2v) is 4.69. The number of amides is 1. The predicted octanol–water partition coefficient (Wildman–Crippen LogP) is 0.200. The number of hydrogen-bond acceptors (Lipinski definition) is 4. The third kappa shape index (κ3) is 3.19. The molecule has 0 spiro atoms. The highest BCUT2D eigenvalue weighted by atomic mass is 16.3. The first kappa shape index (κ1) is 14.6. The zero-order valence-electron chi connectivity index (χ0n) is 11.7. The number of benzene rings is 1. The number of phenolic OH excluding ortho intramolecular Hbond substituents is 1. The van der Waals surface area contributed by atoms with Gasteiger partial charge in [0.25, 0.3) is 5.56 Å². The van der Waals surface area contributed by atoms with Crippen LogP contribution >= 0.6 is 0 Å². The SMILES string of the molecule is Cc1ccc(O)c(NC(=O)Cn2ccc(=O)n(C)c2=O)c1. The Bertz CT molecular complexity index is 805. The van der Waals surface area contributed by atoms with Gasteiger partial charge in [-0.1, -0.05) is 6.07 Å². The van der Waals surface area contributed by atoms with E-state index in [1.165, 1.54) is 25.4 Å². The van der Waals surface area contributed by atoms with Crippen molar-refractivity contribution in [3.63, 3.8) is 0 Å². The van der Waals surface area contributed by atoms with Crippen LogP contribution in [0.15, 0.2) is 40.1 Å². The van der Waals surface area contributed by atoms with Crippen LogP contribution in [0.1, 0.15) is 5.56 Å². The van der Waals surface area contributed by atoms with Crippen LogP contribution in [0.4, 0.5) is 5.69 Å². The molecule has 110 valence electrons. The van der Waals surface area contributed by atoms with Gasteiger partial charge in [-0.3, -0.25) is 18.7 Å². The molecule has 0 bridgehead atoms. The van der Waals surface area contributed by atoms with Gasteiger partial charge in [-0.05, 0) is 24.6 Å². The molecule has 0 atom stereocenters. The Morgan fingerprint density at radius 2 is 2.00 bits per heavy atom. The number of aromatic hydroxyl groups is 1. The maximum Gasteiger partial charge on any atom is 0.331 e. The summed E-state index contributed by atoms with van der Waals surface area (Å²) in [6, 6.07) is 6.02. The van der Waals surface area contributed by atoms with Crippen molar-refractivity contribution in [2.24, 2.45) is 7.05 Å². The molecule has 0 fully saturated rings. The topological polar surface area (TPSA) is 93.3 Å². The predicted molar refractivity (Wildman–Crippen MR) is 77.4 cm³/mol. The van der Waals surface area contributed by atoms with Crippen LogP contribution in [0.3, 0.4) is 0 Å². The number of rotatable bonds is 3. The van der Waals surface area contributed by atoms with Gasteiger partial charge in [0.05, 0.1) is 5.69 Å². The zero-order chi connectivity index (χ0) is 15.6. The molecule has 1 amide bonds. The number of carbonyl (C=O) groups excluding carboxylic acids is 1. The van der Waals surface area contributed by atoms with Crippen molar-refractivity contribution in [1.29, 1.82) is 0 Å². The molecule has 0 aliphatic rings. The molecule has 0 radical (unpaired) electrons. The molecule has 0 saturated carbocycles. The molecule has 2 rings (SSSR count). The van der Waals surface area contributed by atoms with E-state index < -0.39 is 17.2 Å². The second-order valence-electron chi connectivity index (χ2n) is 4.69. The Labute approximate surface area is 120 Å². The van der Waals surface area contributed by atoms with Crippen LogP contribution < -0.4 is 16.6 Å². The van der Waals surface area contributed by atoms with Crippen molar-refractivity contribution in [3.8, 4) is 5.75 Å². The van der Waals surface area contributed by atoms with Crippen molar-refractivity contribution in [2.75, 3.05) is 5.32 Å². The van der Waals surface area contributed by atoms with Crippen molar-refractivity contribution >= 4 is 11.6 Å². The van der Waals surface area contributed by atoms with Gasteiger partial charge in [-0.2, -0.15) is 0 Å². The summed E-state index contributed by atoms with van der Waals surface area (Å²) in [4.78, 5) is 35.0. The third-order valence-corrected chi connectivity index (χ3v) is 3.00.